The summed E-state index contributed by atoms with van der Waals surface area (Å²) in [6.45, 7) is 5.89. The van der Waals surface area contributed by atoms with Crippen LogP contribution in [-0.4, -0.2) is 6.61 Å². The molecule has 0 heterocycles. The molecular formula is C28H34F4O. The molecule has 1 aliphatic carbocycles. The molecule has 180 valence electrons. The van der Waals surface area contributed by atoms with Gasteiger partial charge in [0, 0.05) is 11.1 Å². The van der Waals surface area contributed by atoms with Crippen molar-refractivity contribution in [3.05, 3.63) is 65.8 Å². The van der Waals surface area contributed by atoms with E-state index in [1.807, 2.05) is 0 Å². The molecule has 2 aromatic rings. The van der Waals surface area contributed by atoms with Crippen LogP contribution in [0.2, 0.25) is 0 Å². The summed E-state index contributed by atoms with van der Waals surface area (Å²) in [6.07, 6.45) is 12.0. The first-order valence-electron chi connectivity index (χ1n) is 12.2. The van der Waals surface area contributed by atoms with Gasteiger partial charge in [-0.2, -0.15) is 4.39 Å². The third kappa shape index (κ3) is 6.18. The van der Waals surface area contributed by atoms with E-state index in [0.29, 0.717) is 17.9 Å². The molecule has 0 radical (unpaired) electrons. The molecule has 0 unspecified atom stereocenters. The van der Waals surface area contributed by atoms with Crippen molar-refractivity contribution in [2.45, 2.75) is 77.0 Å². The Morgan fingerprint density at radius 1 is 0.848 bits per heavy atom. The zero-order valence-electron chi connectivity index (χ0n) is 19.4. The number of rotatable bonds is 11. The average molecular weight is 463 g/mol. The van der Waals surface area contributed by atoms with Crippen molar-refractivity contribution in [1.82, 2.24) is 0 Å². The molecule has 1 nitrogen and oxygen atoms in total. The first kappa shape index (κ1) is 25.3. The lowest BCUT2D eigenvalue weighted by molar-refractivity contribution is 0.297. The van der Waals surface area contributed by atoms with Gasteiger partial charge in [-0.1, -0.05) is 57.2 Å². The van der Waals surface area contributed by atoms with Gasteiger partial charge in [0.05, 0.1) is 6.61 Å². The highest BCUT2D eigenvalue weighted by Gasteiger charge is 2.27. The second kappa shape index (κ2) is 12.2. The maximum absolute atomic E-state index is 15.0. The molecule has 1 aliphatic rings. The summed E-state index contributed by atoms with van der Waals surface area (Å²) in [6, 6.07) is 5.36. The predicted molar refractivity (Wildman–Crippen MR) is 125 cm³/mol. The molecule has 1 fully saturated rings. The Morgan fingerprint density at radius 3 is 2.18 bits per heavy atom. The maximum Gasteiger partial charge on any atom is 0.201 e. The number of ether oxygens (including phenoxy) is 1. The van der Waals surface area contributed by atoms with Crippen LogP contribution in [0.3, 0.4) is 0 Å². The molecular weight excluding hydrogens is 428 g/mol. The van der Waals surface area contributed by atoms with Crippen molar-refractivity contribution in [3.8, 4) is 16.9 Å². The fourth-order valence-corrected chi connectivity index (χ4v) is 4.81. The van der Waals surface area contributed by atoms with E-state index in [2.05, 4.69) is 13.5 Å². The lowest BCUT2D eigenvalue weighted by Gasteiger charge is -2.29. The summed E-state index contributed by atoms with van der Waals surface area (Å²) in [4.78, 5) is 0. The van der Waals surface area contributed by atoms with Gasteiger partial charge >= 0.3 is 0 Å². The number of hydrogen-bond acceptors (Lipinski definition) is 1. The van der Waals surface area contributed by atoms with Crippen molar-refractivity contribution in [3.63, 3.8) is 0 Å². The Bertz CT molecular complexity index is 932. The third-order valence-electron chi connectivity index (χ3n) is 6.78. The minimum absolute atomic E-state index is 0.0392. The summed E-state index contributed by atoms with van der Waals surface area (Å²) >= 11 is 0. The maximum atomic E-state index is 15.0. The molecule has 0 saturated heterocycles. The normalized spacial score (nSPS) is 18.3. The molecule has 33 heavy (non-hydrogen) atoms. The molecule has 0 amide bonds. The quantitative estimate of drug-likeness (QED) is 0.184. The number of benzene rings is 2. The van der Waals surface area contributed by atoms with Gasteiger partial charge in [-0.25, -0.2) is 13.2 Å². The summed E-state index contributed by atoms with van der Waals surface area (Å²) < 4.78 is 64.2. The van der Waals surface area contributed by atoms with E-state index < -0.39 is 23.3 Å². The summed E-state index contributed by atoms with van der Waals surface area (Å²) in [5, 5.41) is 0. The second-order valence-corrected chi connectivity index (χ2v) is 9.06. The van der Waals surface area contributed by atoms with Crippen LogP contribution in [-0.2, 0) is 0 Å². The first-order valence-corrected chi connectivity index (χ1v) is 12.2. The largest absolute Gasteiger partial charge is 0.490 e. The highest BCUT2D eigenvalue weighted by atomic mass is 19.2. The Morgan fingerprint density at radius 2 is 1.52 bits per heavy atom. The van der Waals surface area contributed by atoms with Gasteiger partial charge in [0.25, 0.3) is 0 Å². The van der Waals surface area contributed by atoms with Crippen LogP contribution in [0.1, 0.15) is 82.6 Å². The monoisotopic (exact) mass is 462 g/mol. The van der Waals surface area contributed by atoms with Crippen molar-refractivity contribution < 1.29 is 22.3 Å². The smallest absolute Gasteiger partial charge is 0.201 e. The van der Waals surface area contributed by atoms with Gasteiger partial charge in [-0.05, 0) is 61.6 Å². The van der Waals surface area contributed by atoms with Crippen molar-refractivity contribution in [1.29, 1.82) is 0 Å². The SMILES string of the molecule is C=CCCOc1ccc(-c2ccc(C3CCC(CCCCCC)CC3)c(F)c2F)c(F)c1F. The summed E-state index contributed by atoms with van der Waals surface area (Å²) in [5.74, 6) is -4.18. The molecule has 5 heteroatoms. The second-order valence-electron chi connectivity index (χ2n) is 9.06. The fourth-order valence-electron chi connectivity index (χ4n) is 4.81. The van der Waals surface area contributed by atoms with E-state index >= 15 is 4.39 Å². The van der Waals surface area contributed by atoms with Crippen LogP contribution in [0.15, 0.2) is 36.9 Å². The number of halogens is 4. The van der Waals surface area contributed by atoms with E-state index in [1.54, 1.807) is 6.08 Å². The van der Waals surface area contributed by atoms with Gasteiger partial charge < -0.3 is 4.74 Å². The van der Waals surface area contributed by atoms with E-state index in [1.165, 1.54) is 56.4 Å². The molecule has 0 aliphatic heterocycles. The van der Waals surface area contributed by atoms with Gasteiger partial charge in [-0.3, -0.25) is 0 Å². The van der Waals surface area contributed by atoms with E-state index in [4.69, 9.17) is 4.74 Å². The topological polar surface area (TPSA) is 9.23 Å². The fraction of sp³-hybridized carbons (Fsp3) is 0.500. The lowest BCUT2D eigenvalue weighted by atomic mass is 9.76. The highest BCUT2D eigenvalue weighted by molar-refractivity contribution is 5.66. The van der Waals surface area contributed by atoms with Crippen molar-refractivity contribution in [2.24, 2.45) is 5.92 Å². The van der Waals surface area contributed by atoms with Crippen LogP contribution in [0.25, 0.3) is 11.1 Å². The number of hydrogen-bond donors (Lipinski definition) is 0. The average Bonchev–Trinajstić information content (AvgIpc) is 2.82. The Hall–Kier alpha value is -2.30. The molecule has 0 N–H and O–H groups in total. The molecule has 0 bridgehead atoms. The van der Waals surface area contributed by atoms with Crippen molar-refractivity contribution >= 4 is 0 Å². The van der Waals surface area contributed by atoms with Gasteiger partial charge in [0.1, 0.15) is 0 Å². The Labute approximate surface area is 194 Å². The van der Waals surface area contributed by atoms with E-state index in [-0.39, 0.29) is 29.4 Å². The van der Waals surface area contributed by atoms with Crippen LogP contribution in [0, 0.1) is 29.2 Å². The van der Waals surface area contributed by atoms with E-state index in [9.17, 15) is 13.2 Å². The zero-order chi connectivity index (χ0) is 23.8. The van der Waals surface area contributed by atoms with Gasteiger partial charge in [-0.15, -0.1) is 6.58 Å². The van der Waals surface area contributed by atoms with Gasteiger partial charge in [0.15, 0.2) is 23.2 Å². The van der Waals surface area contributed by atoms with Crippen LogP contribution in [0.5, 0.6) is 5.75 Å². The Kier molecular flexibility index (Phi) is 9.40. The van der Waals surface area contributed by atoms with E-state index in [0.717, 1.165) is 25.7 Å². The van der Waals surface area contributed by atoms with Crippen molar-refractivity contribution in [2.75, 3.05) is 6.61 Å². The summed E-state index contributed by atoms with van der Waals surface area (Å²) in [5.41, 5.74) is -0.261. The van der Waals surface area contributed by atoms with Crippen LogP contribution in [0.4, 0.5) is 17.6 Å². The third-order valence-corrected chi connectivity index (χ3v) is 6.78. The highest BCUT2D eigenvalue weighted by Crippen LogP contribution is 2.41. The number of unbranched alkanes of at least 4 members (excludes halogenated alkanes) is 3. The minimum Gasteiger partial charge on any atom is -0.490 e. The molecule has 3 rings (SSSR count). The molecule has 1 saturated carbocycles. The van der Waals surface area contributed by atoms with Crippen LogP contribution >= 0.6 is 0 Å². The predicted octanol–water partition coefficient (Wildman–Crippen LogP) is 9.11. The zero-order valence-corrected chi connectivity index (χ0v) is 19.4. The first-order chi connectivity index (χ1) is 16.0. The molecule has 0 spiro atoms. The summed E-state index contributed by atoms with van der Waals surface area (Å²) in [7, 11) is 0. The lowest BCUT2D eigenvalue weighted by Crippen LogP contribution is -2.15. The molecule has 2 aromatic carbocycles. The Balaban J connectivity index is 1.71. The van der Waals surface area contributed by atoms with Crippen LogP contribution < -0.4 is 4.74 Å². The van der Waals surface area contributed by atoms with Gasteiger partial charge in [0.2, 0.25) is 5.82 Å². The molecule has 0 atom stereocenters. The molecule has 0 aromatic heterocycles. The standard InChI is InChI=1S/C28H34F4O/c1-3-5-7-8-9-19-10-12-20(13-11-19)21-14-15-22(26(30)25(21)29)23-16-17-24(28(32)27(23)31)33-18-6-4-2/h4,14-17,19-20H,2-3,5-13,18H2,1H3. The minimum atomic E-state index is -1.25.